The summed E-state index contributed by atoms with van der Waals surface area (Å²) in [7, 11) is 1.65. The van der Waals surface area contributed by atoms with Crippen LogP contribution in [-0.2, 0) is 6.54 Å². The maximum absolute atomic E-state index is 13.9. The van der Waals surface area contributed by atoms with E-state index in [4.69, 9.17) is 21.3 Å². The number of phenols is 1. The Morgan fingerprint density at radius 1 is 1.27 bits per heavy atom. The topological polar surface area (TPSA) is 90.1 Å². The second-order valence-corrected chi connectivity index (χ2v) is 10.3. The zero-order valence-electron chi connectivity index (χ0n) is 17.4. The van der Waals surface area contributed by atoms with Crippen LogP contribution >= 0.6 is 34.3 Å². The van der Waals surface area contributed by atoms with E-state index in [1.807, 2.05) is 18.2 Å². The van der Waals surface area contributed by atoms with Gasteiger partial charge < -0.3 is 9.84 Å². The van der Waals surface area contributed by atoms with Crippen LogP contribution in [0.2, 0.25) is 5.02 Å². The lowest BCUT2D eigenvalue weighted by atomic mass is 10.0. The van der Waals surface area contributed by atoms with E-state index in [1.54, 1.807) is 29.3 Å². The van der Waals surface area contributed by atoms with Gasteiger partial charge in [0.15, 0.2) is 5.75 Å². The lowest BCUT2D eigenvalue weighted by molar-refractivity contribution is 0.414. The molecule has 3 heterocycles. The first-order chi connectivity index (χ1) is 16.0. The second-order valence-electron chi connectivity index (χ2n) is 7.94. The Labute approximate surface area is 200 Å². The van der Waals surface area contributed by atoms with E-state index >= 15 is 0 Å². The molecule has 1 fully saturated rings. The van der Waals surface area contributed by atoms with Gasteiger partial charge in [0.1, 0.15) is 26.9 Å². The van der Waals surface area contributed by atoms with Crippen LogP contribution < -0.4 is 10.3 Å². The SMILES string of the molecule is COc1ccc(-c2nc3sc4c(O)c(Cl)ccc4c3c(=O)n2Cc2nncs2)c(C2CC2)c1. The summed E-state index contributed by atoms with van der Waals surface area (Å²) in [4.78, 5) is 19.4. The van der Waals surface area contributed by atoms with Gasteiger partial charge in [-0.05, 0) is 48.6 Å². The molecule has 1 aliphatic carbocycles. The highest BCUT2D eigenvalue weighted by Gasteiger charge is 2.29. The monoisotopic (exact) mass is 496 g/mol. The third-order valence-corrected chi connectivity index (χ3v) is 8.00. The van der Waals surface area contributed by atoms with Crippen molar-refractivity contribution in [3.8, 4) is 22.9 Å². The predicted octanol–water partition coefficient (Wildman–Crippen LogP) is 5.42. The van der Waals surface area contributed by atoms with Gasteiger partial charge in [-0.3, -0.25) is 9.36 Å². The summed E-state index contributed by atoms with van der Waals surface area (Å²) in [5.74, 6) is 1.74. The molecule has 5 aromatic rings. The molecule has 0 saturated heterocycles. The van der Waals surface area contributed by atoms with Gasteiger partial charge >= 0.3 is 0 Å². The summed E-state index contributed by atoms with van der Waals surface area (Å²) in [5.41, 5.74) is 3.49. The van der Waals surface area contributed by atoms with Crippen LogP contribution in [0.25, 0.3) is 31.7 Å². The van der Waals surface area contributed by atoms with Gasteiger partial charge in [-0.2, -0.15) is 0 Å². The molecule has 0 radical (unpaired) electrons. The highest BCUT2D eigenvalue weighted by molar-refractivity contribution is 7.25. The smallest absolute Gasteiger partial charge is 0.263 e. The van der Waals surface area contributed by atoms with Crippen LogP contribution in [0.3, 0.4) is 0 Å². The highest BCUT2D eigenvalue weighted by Crippen LogP contribution is 2.46. The number of benzene rings is 2. The van der Waals surface area contributed by atoms with E-state index in [0.29, 0.717) is 37.1 Å². The van der Waals surface area contributed by atoms with E-state index in [-0.39, 0.29) is 22.9 Å². The van der Waals surface area contributed by atoms with Crippen LogP contribution in [0.15, 0.2) is 40.6 Å². The fraction of sp³-hybridized carbons (Fsp3) is 0.217. The molecule has 166 valence electrons. The first-order valence-electron chi connectivity index (χ1n) is 10.3. The number of nitrogens with zero attached hydrogens (tertiary/aromatic N) is 4. The van der Waals surface area contributed by atoms with E-state index < -0.39 is 0 Å². The number of aromatic hydroxyl groups is 1. The summed E-state index contributed by atoms with van der Waals surface area (Å²) < 4.78 is 7.67. The zero-order valence-corrected chi connectivity index (χ0v) is 19.8. The maximum Gasteiger partial charge on any atom is 0.263 e. The first kappa shape index (κ1) is 20.6. The van der Waals surface area contributed by atoms with Crippen LogP contribution in [0, 0.1) is 0 Å². The number of phenolic OH excluding ortho intramolecular Hbond substituents is 1. The average molecular weight is 497 g/mol. The summed E-state index contributed by atoms with van der Waals surface area (Å²) in [6.45, 7) is 0.259. The average Bonchev–Trinajstić information content (AvgIpc) is 3.41. The van der Waals surface area contributed by atoms with Crippen LogP contribution in [-0.4, -0.2) is 32.0 Å². The van der Waals surface area contributed by atoms with Gasteiger partial charge in [0.25, 0.3) is 5.56 Å². The van der Waals surface area contributed by atoms with Crippen molar-refractivity contribution in [2.45, 2.75) is 25.3 Å². The van der Waals surface area contributed by atoms with Gasteiger partial charge in [-0.1, -0.05) is 17.7 Å². The number of thiophene rings is 1. The molecule has 6 rings (SSSR count). The van der Waals surface area contributed by atoms with Crippen molar-refractivity contribution in [2.24, 2.45) is 0 Å². The molecule has 0 amide bonds. The van der Waals surface area contributed by atoms with E-state index in [2.05, 4.69) is 10.2 Å². The standard InChI is InChI=1S/C23H17ClN4O3S2/c1-31-12-4-5-13(15(8-12)11-2-3-11)21-26-22-18(14-6-7-16(24)19(29)20(14)33-22)23(30)28(21)9-17-27-25-10-32-17/h4-8,10-11,29H,2-3,9H2,1H3. The lowest BCUT2D eigenvalue weighted by Crippen LogP contribution is -2.24. The van der Waals surface area contributed by atoms with Crippen molar-refractivity contribution < 1.29 is 9.84 Å². The van der Waals surface area contributed by atoms with Gasteiger partial charge in [0.2, 0.25) is 0 Å². The summed E-state index contributed by atoms with van der Waals surface area (Å²) in [6, 6.07) is 9.26. The molecule has 0 bridgehead atoms. The van der Waals surface area contributed by atoms with Crippen molar-refractivity contribution in [3.63, 3.8) is 0 Å². The van der Waals surface area contributed by atoms with E-state index in [0.717, 1.165) is 29.7 Å². The Hall–Kier alpha value is -3.01. The number of aromatic nitrogens is 4. The molecule has 3 aromatic heterocycles. The first-order valence-corrected chi connectivity index (χ1v) is 12.4. The van der Waals surface area contributed by atoms with Crippen molar-refractivity contribution in [3.05, 3.63) is 61.8 Å². The third-order valence-electron chi connectivity index (χ3n) is 5.90. The molecule has 1 saturated carbocycles. The van der Waals surface area contributed by atoms with Gasteiger partial charge in [0, 0.05) is 10.9 Å². The summed E-state index contributed by atoms with van der Waals surface area (Å²) in [5, 5.41) is 20.6. The molecule has 33 heavy (non-hydrogen) atoms. The molecule has 2 aromatic carbocycles. The predicted molar refractivity (Wildman–Crippen MR) is 131 cm³/mol. The second kappa shape index (κ2) is 7.79. The van der Waals surface area contributed by atoms with Crippen LogP contribution in [0.1, 0.15) is 29.3 Å². The van der Waals surface area contributed by atoms with Crippen molar-refractivity contribution in [1.29, 1.82) is 0 Å². The Balaban J connectivity index is 1.68. The number of halogens is 1. The Morgan fingerprint density at radius 3 is 2.85 bits per heavy atom. The quantitative estimate of drug-likeness (QED) is 0.349. The number of hydrogen-bond acceptors (Lipinski definition) is 8. The largest absolute Gasteiger partial charge is 0.505 e. The molecular formula is C23H17ClN4O3S2. The molecule has 10 heteroatoms. The Morgan fingerprint density at radius 2 is 2.12 bits per heavy atom. The van der Waals surface area contributed by atoms with Crippen LogP contribution in [0.5, 0.6) is 11.5 Å². The van der Waals surface area contributed by atoms with Crippen molar-refractivity contribution in [2.75, 3.05) is 7.11 Å². The fourth-order valence-corrected chi connectivity index (χ4v) is 5.98. The summed E-state index contributed by atoms with van der Waals surface area (Å²) in [6.07, 6.45) is 2.19. The number of rotatable bonds is 5. The molecule has 1 N–H and O–H groups in total. The van der Waals surface area contributed by atoms with Gasteiger partial charge in [-0.25, -0.2) is 4.98 Å². The van der Waals surface area contributed by atoms with Crippen LogP contribution in [0.4, 0.5) is 0 Å². The third kappa shape index (κ3) is 3.38. The van der Waals surface area contributed by atoms with E-state index in [1.165, 1.54) is 22.7 Å². The number of methoxy groups -OCH3 is 1. The maximum atomic E-state index is 13.9. The van der Waals surface area contributed by atoms with Gasteiger partial charge in [0.05, 0.1) is 28.8 Å². The molecule has 1 aliphatic rings. The molecule has 0 spiro atoms. The van der Waals surface area contributed by atoms with Gasteiger partial charge in [-0.15, -0.1) is 32.9 Å². The van der Waals surface area contributed by atoms with Crippen molar-refractivity contribution >= 4 is 54.6 Å². The molecular weight excluding hydrogens is 480 g/mol. The normalized spacial score (nSPS) is 13.8. The molecule has 0 aliphatic heterocycles. The Bertz CT molecular complexity index is 1590. The molecule has 7 nitrogen and oxygen atoms in total. The van der Waals surface area contributed by atoms with Crippen molar-refractivity contribution in [1.82, 2.24) is 19.7 Å². The highest BCUT2D eigenvalue weighted by atomic mass is 35.5. The number of ether oxygens (including phenoxy) is 1. The minimum atomic E-state index is -0.185. The minimum Gasteiger partial charge on any atom is -0.505 e. The number of hydrogen-bond donors (Lipinski definition) is 1. The number of fused-ring (bicyclic) bond motifs is 3. The summed E-state index contributed by atoms with van der Waals surface area (Å²) >= 11 is 8.79. The molecule has 0 unspecified atom stereocenters. The fourth-order valence-electron chi connectivity index (χ4n) is 4.14. The zero-order chi connectivity index (χ0) is 22.7. The minimum absolute atomic E-state index is 0.0306. The lowest BCUT2D eigenvalue weighted by Gasteiger charge is -2.15. The van der Waals surface area contributed by atoms with E-state index in [9.17, 15) is 9.90 Å². The Kier molecular flexibility index (Phi) is 4.86. The molecule has 0 atom stereocenters.